The van der Waals surface area contributed by atoms with Crippen LogP contribution >= 0.6 is 0 Å². The van der Waals surface area contributed by atoms with Gasteiger partial charge in [-0.05, 0) is 75.2 Å². The molecular weight excluding hydrogens is 531 g/mol. The lowest BCUT2D eigenvalue weighted by atomic mass is 9.47. The van der Waals surface area contributed by atoms with Crippen molar-refractivity contribution in [3.8, 4) is 6.07 Å². The molecule has 0 aromatic heterocycles. The molecule has 0 radical (unpaired) electrons. The van der Waals surface area contributed by atoms with Gasteiger partial charge in [-0.25, -0.2) is 0 Å². The molecule has 4 saturated carbocycles. The number of nitrogens with one attached hydrogen (secondary N) is 3. The highest BCUT2D eigenvalue weighted by Crippen LogP contribution is 2.61. The Morgan fingerprint density at radius 2 is 1.77 bits per heavy atom. The van der Waals surface area contributed by atoms with Gasteiger partial charge in [-0.1, -0.05) is 6.08 Å². The van der Waals surface area contributed by atoms with Crippen molar-refractivity contribution in [2.24, 2.45) is 29.1 Å². The fourth-order valence-electron chi connectivity index (χ4n) is 8.57. The van der Waals surface area contributed by atoms with E-state index in [0.717, 1.165) is 24.2 Å². The molecule has 216 valence electrons. The van der Waals surface area contributed by atoms with Crippen molar-refractivity contribution in [3.05, 3.63) is 12.2 Å². The standard InChI is InChI=1S/C27H32F3N5O5/c28-27(29,30)25(39)34-21(26-9-13-5-14(10-26)7-15(6-13)11-26)24(38)35-19-2-1-18(40-19)20(35)23(37)33-17(12-31)8-16-3-4-32-22(16)36/h1-2,13-21H,3-11H2,(H,32,36)(H,33,37)(H,34,39)/t13?,14?,15?,16-,17-,18+,19-,20-,21+,26?/m0/s1. The quantitative estimate of drug-likeness (QED) is 0.399. The van der Waals surface area contributed by atoms with Crippen molar-refractivity contribution in [2.45, 2.75) is 88.0 Å². The van der Waals surface area contributed by atoms with Crippen LogP contribution < -0.4 is 16.0 Å². The van der Waals surface area contributed by atoms with Crippen LogP contribution in [-0.2, 0) is 23.9 Å². The maximum Gasteiger partial charge on any atom is 0.471 e. The first-order chi connectivity index (χ1) is 19.0. The van der Waals surface area contributed by atoms with Crippen LogP contribution in [0.2, 0.25) is 0 Å². The van der Waals surface area contributed by atoms with Gasteiger partial charge in [-0.15, -0.1) is 0 Å². The van der Waals surface area contributed by atoms with E-state index in [9.17, 15) is 37.6 Å². The number of ether oxygens (including phenoxy) is 1. The van der Waals surface area contributed by atoms with E-state index in [4.69, 9.17) is 4.74 Å². The van der Waals surface area contributed by atoms with Crippen LogP contribution in [-0.4, -0.2) is 71.7 Å². The molecule has 3 aliphatic heterocycles. The first-order valence-electron chi connectivity index (χ1n) is 14.0. The molecule has 0 spiro atoms. The number of fused-ring (bicyclic) bond motifs is 2. The van der Waals surface area contributed by atoms with Crippen molar-refractivity contribution in [3.63, 3.8) is 0 Å². The molecule has 6 bridgehead atoms. The summed E-state index contributed by atoms with van der Waals surface area (Å²) < 4.78 is 46.2. The van der Waals surface area contributed by atoms with E-state index in [1.807, 2.05) is 6.07 Å². The number of alkyl halides is 3. The molecule has 7 aliphatic rings. The van der Waals surface area contributed by atoms with Crippen LogP contribution in [0.15, 0.2) is 12.2 Å². The number of nitrogens with zero attached hydrogens (tertiary/aromatic N) is 2. The summed E-state index contributed by atoms with van der Waals surface area (Å²) in [6.45, 7) is 0.484. The number of hydrogen-bond donors (Lipinski definition) is 3. The minimum atomic E-state index is -5.18. The number of carbonyl (C=O) groups excluding carboxylic acids is 4. The lowest BCUT2D eigenvalue weighted by Crippen LogP contribution is -2.66. The summed E-state index contributed by atoms with van der Waals surface area (Å²) in [6, 6.07) is -1.71. The molecule has 7 rings (SSSR count). The SMILES string of the molecule is N#C[C@H](C[C@@H]1CCNC1=O)NC(=O)[C@@H]1[C@H]2C=C[C@H](O2)N1C(=O)[C@@H](NC(=O)C(F)(F)F)C12CC3CC(CC(C3)C1)C2. The molecule has 10 nitrogen and oxygen atoms in total. The largest absolute Gasteiger partial charge is 0.471 e. The highest BCUT2D eigenvalue weighted by atomic mass is 19.4. The van der Waals surface area contributed by atoms with E-state index in [-0.39, 0.29) is 12.3 Å². The number of amides is 4. The summed E-state index contributed by atoms with van der Waals surface area (Å²) in [6.07, 6.45) is 1.37. The molecule has 3 N–H and O–H groups in total. The second-order valence-electron chi connectivity index (χ2n) is 12.5. The maximum absolute atomic E-state index is 14.2. The number of halogens is 3. The molecule has 13 heteroatoms. The Bertz CT molecular complexity index is 1150. The van der Waals surface area contributed by atoms with Crippen LogP contribution in [0.25, 0.3) is 0 Å². The van der Waals surface area contributed by atoms with Crippen molar-refractivity contribution in [1.29, 1.82) is 5.26 Å². The van der Waals surface area contributed by atoms with Crippen LogP contribution in [0.1, 0.15) is 51.4 Å². The minimum Gasteiger partial charge on any atom is -0.356 e. The third-order valence-electron chi connectivity index (χ3n) is 9.80. The van der Waals surface area contributed by atoms with Crippen LogP contribution in [0.5, 0.6) is 0 Å². The van der Waals surface area contributed by atoms with Crippen molar-refractivity contribution in [1.82, 2.24) is 20.9 Å². The van der Waals surface area contributed by atoms with Crippen molar-refractivity contribution in [2.75, 3.05) is 6.54 Å². The summed E-state index contributed by atoms with van der Waals surface area (Å²) in [5.41, 5.74) is -0.829. The second kappa shape index (κ2) is 9.75. The number of carbonyl (C=O) groups is 4. The van der Waals surface area contributed by atoms with Gasteiger partial charge in [0.2, 0.25) is 17.7 Å². The number of hydrogen-bond acceptors (Lipinski definition) is 6. The number of rotatable bonds is 7. The highest BCUT2D eigenvalue weighted by Gasteiger charge is 2.61. The lowest BCUT2D eigenvalue weighted by molar-refractivity contribution is -0.179. The fraction of sp³-hybridized carbons (Fsp3) is 0.741. The Balaban J connectivity index is 1.26. The zero-order chi connectivity index (χ0) is 28.4. The molecule has 2 saturated heterocycles. The fourth-order valence-corrected chi connectivity index (χ4v) is 8.57. The Morgan fingerprint density at radius 3 is 2.33 bits per heavy atom. The Morgan fingerprint density at radius 1 is 1.12 bits per heavy atom. The Kier molecular flexibility index (Phi) is 6.59. The maximum atomic E-state index is 14.2. The van der Waals surface area contributed by atoms with Gasteiger partial charge in [-0.2, -0.15) is 18.4 Å². The average Bonchev–Trinajstić information content (AvgIpc) is 3.61. The molecule has 0 aromatic carbocycles. The van der Waals surface area contributed by atoms with Gasteiger partial charge >= 0.3 is 12.1 Å². The molecule has 0 aromatic rings. The molecule has 4 aliphatic carbocycles. The van der Waals surface area contributed by atoms with Crippen molar-refractivity contribution >= 4 is 23.6 Å². The van der Waals surface area contributed by atoms with Gasteiger partial charge < -0.3 is 20.7 Å². The van der Waals surface area contributed by atoms with Gasteiger partial charge in [0.05, 0.1) is 6.07 Å². The normalized spacial score (nSPS) is 38.6. The van der Waals surface area contributed by atoms with Gasteiger partial charge in [0.1, 0.15) is 24.2 Å². The zero-order valence-electron chi connectivity index (χ0n) is 21.8. The molecule has 6 atom stereocenters. The molecule has 4 amide bonds. The Labute approximate surface area is 229 Å². The monoisotopic (exact) mass is 563 g/mol. The first-order valence-corrected chi connectivity index (χ1v) is 14.0. The van der Waals surface area contributed by atoms with Crippen LogP contribution in [0.4, 0.5) is 13.2 Å². The lowest BCUT2D eigenvalue weighted by Gasteiger charge is -2.59. The van der Waals surface area contributed by atoms with E-state index in [2.05, 4.69) is 16.0 Å². The van der Waals surface area contributed by atoms with E-state index in [0.29, 0.717) is 50.0 Å². The minimum absolute atomic E-state index is 0.0943. The summed E-state index contributed by atoms with van der Waals surface area (Å²) in [4.78, 5) is 53.1. The molecule has 6 fully saturated rings. The van der Waals surface area contributed by atoms with Gasteiger partial charge in [0.15, 0.2) is 6.23 Å². The third kappa shape index (κ3) is 4.63. The van der Waals surface area contributed by atoms with E-state index in [1.165, 1.54) is 0 Å². The molecular formula is C27H32F3N5O5. The van der Waals surface area contributed by atoms with Gasteiger partial charge in [-0.3, -0.25) is 24.1 Å². The molecule has 0 unspecified atom stereocenters. The average molecular weight is 564 g/mol. The first kappa shape index (κ1) is 27.1. The van der Waals surface area contributed by atoms with E-state index in [1.54, 1.807) is 12.2 Å². The Hall–Kier alpha value is -3.14. The van der Waals surface area contributed by atoms with Crippen LogP contribution in [0.3, 0.4) is 0 Å². The smallest absolute Gasteiger partial charge is 0.356 e. The van der Waals surface area contributed by atoms with Crippen LogP contribution in [0, 0.1) is 40.4 Å². The molecule has 3 heterocycles. The predicted octanol–water partition coefficient (Wildman–Crippen LogP) is 1.28. The van der Waals surface area contributed by atoms with Crippen molar-refractivity contribution < 1.29 is 37.1 Å². The predicted molar refractivity (Wildman–Crippen MR) is 130 cm³/mol. The topological polar surface area (TPSA) is 141 Å². The summed E-state index contributed by atoms with van der Waals surface area (Å²) in [7, 11) is 0. The highest BCUT2D eigenvalue weighted by molar-refractivity contribution is 5.95. The number of nitriles is 1. The zero-order valence-corrected chi connectivity index (χ0v) is 21.8. The van der Waals surface area contributed by atoms with E-state index >= 15 is 0 Å². The summed E-state index contributed by atoms with van der Waals surface area (Å²) in [5.74, 6) is -3.41. The van der Waals surface area contributed by atoms with E-state index < -0.39 is 65.7 Å². The summed E-state index contributed by atoms with van der Waals surface area (Å²) in [5, 5.41) is 17.0. The second-order valence-corrected chi connectivity index (χ2v) is 12.5. The third-order valence-corrected chi connectivity index (χ3v) is 9.80. The summed E-state index contributed by atoms with van der Waals surface area (Å²) >= 11 is 0. The molecule has 40 heavy (non-hydrogen) atoms. The van der Waals surface area contributed by atoms with Gasteiger partial charge in [0.25, 0.3) is 0 Å². The van der Waals surface area contributed by atoms with Gasteiger partial charge in [0, 0.05) is 17.9 Å².